The Labute approximate surface area is 88.9 Å². The lowest BCUT2D eigenvalue weighted by molar-refractivity contribution is -0.138. The summed E-state index contributed by atoms with van der Waals surface area (Å²) in [5, 5.41) is 13.2. The Morgan fingerprint density at radius 2 is 2.53 bits per heavy atom. The van der Waals surface area contributed by atoms with E-state index in [0.717, 1.165) is 31.5 Å². The maximum atomic E-state index is 10.6. The van der Waals surface area contributed by atoms with Crippen LogP contribution in [0.15, 0.2) is 6.20 Å². The zero-order chi connectivity index (χ0) is 10.8. The number of carbonyl (C=O) groups is 1. The molecule has 4 heteroatoms. The van der Waals surface area contributed by atoms with Crippen LogP contribution in [-0.2, 0) is 24.2 Å². The zero-order valence-corrected chi connectivity index (χ0v) is 8.94. The second kappa shape index (κ2) is 4.04. The number of aryl methyl sites for hydroxylation is 2. The zero-order valence-electron chi connectivity index (χ0n) is 8.94. The highest BCUT2D eigenvalue weighted by Gasteiger charge is 2.23. The molecule has 0 spiro atoms. The molecule has 15 heavy (non-hydrogen) atoms. The molecule has 1 atom stereocenters. The molecule has 82 valence electrons. The van der Waals surface area contributed by atoms with Gasteiger partial charge in [0, 0.05) is 19.2 Å². The Kier molecular flexibility index (Phi) is 2.75. The molecule has 1 heterocycles. The van der Waals surface area contributed by atoms with Gasteiger partial charge in [0.25, 0.3) is 0 Å². The summed E-state index contributed by atoms with van der Waals surface area (Å²) in [6, 6.07) is 0. The van der Waals surface area contributed by atoms with Gasteiger partial charge >= 0.3 is 5.97 Å². The molecular weight excluding hydrogens is 192 g/mol. The molecule has 0 amide bonds. The quantitative estimate of drug-likeness (QED) is 0.818. The van der Waals surface area contributed by atoms with Crippen molar-refractivity contribution in [3.63, 3.8) is 0 Å². The van der Waals surface area contributed by atoms with Crippen LogP contribution in [0.1, 0.15) is 31.0 Å². The fourth-order valence-electron chi connectivity index (χ4n) is 2.20. The highest BCUT2D eigenvalue weighted by atomic mass is 16.4. The van der Waals surface area contributed by atoms with E-state index in [1.54, 1.807) is 0 Å². The van der Waals surface area contributed by atoms with Crippen molar-refractivity contribution in [3.05, 3.63) is 17.5 Å². The van der Waals surface area contributed by atoms with Gasteiger partial charge in [-0.1, -0.05) is 0 Å². The SMILES string of the molecule is CCn1cc2c(n1)CC(CC(=O)O)CC2. The topological polar surface area (TPSA) is 55.1 Å². The first kappa shape index (κ1) is 10.2. The average Bonchev–Trinajstić information content (AvgIpc) is 2.58. The molecule has 1 aromatic rings. The summed E-state index contributed by atoms with van der Waals surface area (Å²) >= 11 is 0. The highest BCUT2D eigenvalue weighted by molar-refractivity contribution is 5.67. The van der Waals surface area contributed by atoms with Gasteiger partial charge in [0.15, 0.2) is 0 Å². The van der Waals surface area contributed by atoms with Gasteiger partial charge in [0.1, 0.15) is 0 Å². The predicted molar refractivity (Wildman–Crippen MR) is 55.7 cm³/mol. The maximum Gasteiger partial charge on any atom is 0.303 e. The minimum atomic E-state index is -0.696. The fraction of sp³-hybridized carbons (Fsp3) is 0.636. The Morgan fingerprint density at radius 1 is 1.73 bits per heavy atom. The smallest absolute Gasteiger partial charge is 0.303 e. The van der Waals surface area contributed by atoms with E-state index in [9.17, 15) is 4.79 Å². The number of aliphatic carboxylic acids is 1. The van der Waals surface area contributed by atoms with Crippen LogP contribution in [-0.4, -0.2) is 20.9 Å². The first-order valence-corrected chi connectivity index (χ1v) is 5.46. The molecule has 0 radical (unpaired) electrons. The summed E-state index contributed by atoms with van der Waals surface area (Å²) in [6.07, 6.45) is 5.15. The Hall–Kier alpha value is -1.32. The van der Waals surface area contributed by atoms with E-state index >= 15 is 0 Å². The third kappa shape index (κ3) is 2.19. The van der Waals surface area contributed by atoms with Crippen molar-refractivity contribution in [2.45, 2.75) is 39.2 Å². The van der Waals surface area contributed by atoms with E-state index in [1.165, 1.54) is 5.56 Å². The van der Waals surface area contributed by atoms with Crippen LogP contribution in [0.25, 0.3) is 0 Å². The van der Waals surface area contributed by atoms with Gasteiger partial charge < -0.3 is 5.11 Å². The second-order valence-corrected chi connectivity index (χ2v) is 4.16. The normalized spacial score (nSPS) is 19.9. The Balaban J connectivity index is 2.08. The van der Waals surface area contributed by atoms with Crippen LogP contribution in [0.5, 0.6) is 0 Å². The van der Waals surface area contributed by atoms with Gasteiger partial charge in [-0.05, 0) is 37.7 Å². The molecule has 2 rings (SSSR count). The van der Waals surface area contributed by atoms with E-state index < -0.39 is 5.97 Å². The highest BCUT2D eigenvalue weighted by Crippen LogP contribution is 2.26. The van der Waals surface area contributed by atoms with Gasteiger partial charge in [0.2, 0.25) is 0 Å². The molecule has 4 nitrogen and oxygen atoms in total. The average molecular weight is 208 g/mol. The summed E-state index contributed by atoms with van der Waals surface area (Å²) in [4.78, 5) is 10.6. The molecule has 1 unspecified atom stereocenters. The van der Waals surface area contributed by atoms with Crippen LogP contribution in [0.2, 0.25) is 0 Å². The molecular formula is C11H16N2O2. The van der Waals surface area contributed by atoms with Crippen molar-refractivity contribution >= 4 is 5.97 Å². The standard InChI is InChI=1S/C11H16N2O2/c1-2-13-7-9-4-3-8(6-11(14)15)5-10(9)12-13/h7-8H,2-6H2,1H3,(H,14,15). The summed E-state index contributed by atoms with van der Waals surface area (Å²) in [7, 11) is 0. The van der Waals surface area contributed by atoms with Crippen molar-refractivity contribution in [1.82, 2.24) is 9.78 Å². The molecule has 1 aliphatic carbocycles. The number of fused-ring (bicyclic) bond motifs is 1. The Morgan fingerprint density at radius 3 is 3.20 bits per heavy atom. The van der Waals surface area contributed by atoms with Crippen LogP contribution in [0.4, 0.5) is 0 Å². The van der Waals surface area contributed by atoms with E-state index in [1.807, 2.05) is 4.68 Å². The molecule has 1 aliphatic rings. The third-order valence-electron chi connectivity index (χ3n) is 3.02. The van der Waals surface area contributed by atoms with E-state index in [2.05, 4.69) is 18.2 Å². The summed E-state index contributed by atoms with van der Waals surface area (Å²) in [6.45, 7) is 2.95. The number of rotatable bonds is 3. The number of carboxylic acid groups (broad SMARTS) is 1. The molecule has 0 aliphatic heterocycles. The summed E-state index contributed by atoms with van der Waals surface area (Å²) in [5.41, 5.74) is 2.41. The number of nitrogens with zero attached hydrogens (tertiary/aromatic N) is 2. The van der Waals surface area contributed by atoms with Gasteiger partial charge in [-0.15, -0.1) is 0 Å². The number of hydrogen-bond acceptors (Lipinski definition) is 2. The van der Waals surface area contributed by atoms with E-state index in [4.69, 9.17) is 5.11 Å². The lowest BCUT2D eigenvalue weighted by atomic mass is 9.86. The molecule has 1 N–H and O–H groups in total. The molecule has 0 saturated heterocycles. The Bertz CT molecular complexity index is 371. The van der Waals surface area contributed by atoms with E-state index in [-0.39, 0.29) is 12.3 Å². The molecule has 0 fully saturated rings. The van der Waals surface area contributed by atoms with Gasteiger partial charge in [-0.2, -0.15) is 5.10 Å². The molecule has 0 bridgehead atoms. The number of hydrogen-bond donors (Lipinski definition) is 1. The minimum absolute atomic E-state index is 0.273. The van der Waals surface area contributed by atoms with Crippen LogP contribution in [0.3, 0.4) is 0 Å². The predicted octanol–water partition coefficient (Wildman–Crippen LogP) is 1.48. The first-order chi connectivity index (χ1) is 7.19. The van der Waals surface area contributed by atoms with Crippen LogP contribution >= 0.6 is 0 Å². The van der Waals surface area contributed by atoms with Gasteiger partial charge in [-0.3, -0.25) is 9.48 Å². The first-order valence-electron chi connectivity index (χ1n) is 5.46. The third-order valence-corrected chi connectivity index (χ3v) is 3.02. The molecule has 0 saturated carbocycles. The van der Waals surface area contributed by atoms with E-state index in [0.29, 0.717) is 0 Å². The fourth-order valence-corrected chi connectivity index (χ4v) is 2.20. The summed E-state index contributed by atoms with van der Waals surface area (Å²) < 4.78 is 1.94. The molecule has 0 aromatic carbocycles. The molecule has 1 aromatic heterocycles. The van der Waals surface area contributed by atoms with Gasteiger partial charge in [-0.25, -0.2) is 0 Å². The number of aromatic nitrogens is 2. The van der Waals surface area contributed by atoms with Gasteiger partial charge in [0.05, 0.1) is 5.69 Å². The summed E-state index contributed by atoms with van der Waals surface area (Å²) in [5.74, 6) is -0.423. The number of carboxylic acids is 1. The van der Waals surface area contributed by atoms with Crippen molar-refractivity contribution < 1.29 is 9.90 Å². The van der Waals surface area contributed by atoms with Crippen molar-refractivity contribution in [1.29, 1.82) is 0 Å². The van der Waals surface area contributed by atoms with Crippen LogP contribution in [0, 0.1) is 5.92 Å². The lowest BCUT2D eigenvalue weighted by Gasteiger charge is -2.18. The lowest BCUT2D eigenvalue weighted by Crippen LogP contribution is -2.17. The minimum Gasteiger partial charge on any atom is -0.481 e. The van der Waals surface area contributed by atoms with Crippen LogP contribution < -0.4 is 0 Å². The monoisotopic (exact) mass is 208 g/mol. The van der Waals surface area contributed by atoms with Crippen molar-refractivity contribution in [3.8, 4) is 0 Å². The maximum absolute atomic E-state index is 10.6. The largest absolute Gasteiger partial charge is 0.481 e. The van der Waals surface area contributed by atoms with Crippen molar-refractivity contribution in [2.75, 3.05) is 0 Å². The second-order valence-electron chi connectivity index (χ2n) is 4.16. The van der Waals surface area contributed by atoms with Crippen molar-refractivity contribution in [2.24, 2.45) is 5.92 Å².